The van der Waals surface area contributed by atoms with Gasteiger partial charge in [-0.05, 0) is 24.6 Å². The van der Waals surface area contributed by atoms with Crippen molar-refractivity contribution >= 4 is 35.6 Å². The number of carbonyl (C=O) groups excluding carboxylic acids is 2. The van der Waals surface area contributed by atoms with E-state index in [1.165, 1.54) is 11.3 Å². The zero-order chi connectivity index (χ0) is 15.9. The van der Waals surface area contributed by atoms with E-state index in [1.54, 1.807) is 36.6 Å². The Morgan fingerprint density at radius 1 is 1.30 bits per heavy atom. The number of nitrogens with one attached hydrogen (secondary N) is 1. The fourth-order valence-corrected chi connectivity index (χ4v) is 2.41. The minimum absolute atomic E-state index is 0. The van der Waals surface area contributed by atoms with Crippen LogP contribution in [0.3, 0.4) is 0 Å². The smallest absolute Gasteiger partial charge is 0.338 e. The summed E-state index contributed by atoms with van der Waals surface area (Å²) in [4.78, 5) is 27.6. The lowest BCUT2D eigenvalue weighted by Crippen LogP contribution is -2.23. The number of esters is 1. The normalized spacial score (nSPS) is 9.83. The number of nitrogens with two attached hydrogens (primary N) is 1. The van der Waals surface area contributed by atoms with Crippen LogP contribution in [0.2, 0.25) is 0 Å². The number of carbonyl (C=O) groups is 2. The summed E-state index contributed by atoms with van der Waals surface area (Å²) in [5, 5.41) is 5.18. The maximum Gasteiger partial charge on any atom is 0.338 e. The van der Waals surface area contributed by atoms with Gasteiger partial charge < -0.3 is 15.8 Å². The molecule has 1 heterocycles. The molecule has 0 aliphatic carbocycles. The van der Waals surface area contributed by atoms with Crippen molar-refractivity contribution < 1.29 is 14.3 Å². The number of ether oxygens (including phenoxy) is 1. The second-order valence-corrected chi connectivity index (χ2v) is 5.37. The molecule has 0 aliphatic heterocycles. The van der Waals surface area contributed by atoms with Crippen LogP contribution in [0.15, 0.2) is 29.6 Å². The highest BCUT2D eigenvalue weighted by molar-refractivity contribution is 7.09. The number of thiazole rings is 1. The van der Waals surface area contributed by atoms with Crippen LogP contribution in [0, 0.1) is 0 Å². The van der Waals surface area contributed by atoms with Crippen molar-refractivity contribution in [2.45, 2.75) is 20.0 Å². The van der Waals surface area contributed by atoms with Gasteiger partial charge in [-0.2, -0.15) is 0 Å². The van der Waals surface area contributed by atoms with E-state index in [1.807, 2.05) is 0 Å². The summed E-state index contributed by atoms with van der Waals surface area (Å²) in [6.45, 7) is 2.79. The van der Waals surface area contributed by atoms with Crippen LogP contribution in [-0.2, 0) is 17.8 Å². The van der Waals surface area contributed by atoms with Gasteiger partial charge in [0.1, 0.15) is 10.7 Å². The molecule has 1 amide bonds. The Hall–Kier alpha value is -1.96. The Labute approximate surface area is 144 Å². The molecule has 23 heavy (non-hydrogen) atoms. The van der Waals surface area contributed by atoms with Crippen molar-refractivity contribution in [1.82, 2.24) is 10.3 Å². The Morgan fingerprint density at radius 3 is 2.57 bits per heavy atom. The number of hydrogen-bond acceptors (Lipinski definition) is 6. The molecule has 2 rings (SSSR count). The molecule has 0 unspecified atom stereocenters. The molecule has 0 radical (unpaired) electrons. The first-order valence-electron chi connectivity index (χ1n) is 6.82. The maximum atomic E-state index is 11.9. The molecule has 0 aliphatic rings. The molecular weight excluding hydrogens is 338 g/mol. The molecular formula is C15H18ClN3O3S. The van der Waals surface area contributed by atoms with Crippen LogP contribution in [0.1, 0.15) is 38.3 Å². The second kappa shape index (κ2) is 9.24. The van der Waals surface area contributed by atoms with E-state index in [0.29, 0.717) is 31.0 Å². The quantitative estimate of drug-likeness (QED) is 0.774. The average molecular weight is 356 g/mol. The SMILES string of the molecule is CCOC(=O)c1ccc(CNC(=O)c2csc(CN)n2)cc1.Cl. The standard InChI is InChI=1S/C15H17N3O3S.ClH/c1-2-21-15(20)11-5-3-10(4-6-11)8-17-14(19)12-9-22-13(7-16)18-12;/h3-6,9H,2,7-8,16H2,1H3,(H,17,19);1H. The van der Waals surface area contributed by atoms with Gasteiger partial charge in [0.25, 0.3) is 5.91 Å². The molecule has 2 aromatic rings. The van der Waals surface area contributed by atoms with Gasteiger partial charge in [0.15, 0.2) is 0 Å². The zero-order valence-corrected chi connectivity index (χ0v) is 14.2. The van der Waals surface area contributed by atoms with Gasteiger partial charge in [-0.1, -0.05) is 12.1 Å². The van der Waals surface area contributed by atoms with Crippen molar-refractivity contribution in [1.29, 1.82) is 0 Å². The summed E-state index contributed by atoms with van der Waals surface area (Å²) in [7, 11) is 0. The number of rotatable bonds is 6. The zero-order valence-electron chi connectivity index (χ0n) is 12.6. The van der Waals surface area contributed by atoms with Crippen LogP contribution < -0.4 is 11.1 Å². The largest absolute Gasteiger partial charge is 0.462 e. The summed E-state index contributed by atoms with van der Waals surface area (Å²) in [5.74, 6) is -0.597. The van der Waals surface area contributed by atoms with E-state index < -0.39 is 0 Å². The Bertz CT molecular complexity index is 658. The molecule has 0 atom stereocenters. The number of hydrogen-bond donors (Lipinski definition) is 2. The lowest BCUT2D eigenvalue weighted by atomic mass is 10.1. The Kier molecular flexibility index (Phi) is 7.67. The van der Waals surface area contributed by atoms with Crippen LogP contribution in [0.5, 0.6) is 0 Å². The van der Waals surface area contributed by atoms with Gasteiger partial charge >= 0.3 is 5.97 Å². The van der Waals surface area contributed by atoms with Crippen molar-refractivity contribution in [2.75, 3.05) is 6.61 Å². The third kappa shape index (κ3) is 5.31. The van der Waals surface area contributed by atoms with Gasteiger partial charge in [-0.3, -0.25) is 4.79 Å². The molecule has 0 bridgehead atoms. The van der Waals surface area contributed by atoms with Crippen LogP contribution in [0.4, 0.5) is 0 Å². The van der Waals surface area contributed by atoms with Crippen molar-refractivity contribution in [3.8, 4) is 0 Å². The number of nitrogens with zero attached hydrogens (tertiary/aromatic N) is 1. The topological polar surface area (TPSA) is 94.3 Å². The second-order valence-electron chi connectivity index (χ2n) is 4.43. The number of amides is 1. The maximum absolute atomic E-state index is 11.9. The minimum atomic E-state index is -0.352. The summed E-state index contributed by atoms with van der Waals surface area (Å²) in [6.07, 6.45) is 0. The fraction of sp³-hybridized carbons (Fsp3) is 0.267. The van der Waals surface area contributed by atoms with Crippen LogP contribution in [-0.4, -0.2) is 23.5 Å². The molecule has 1 aromatic heterocycles. The fourth-order valence-electron chi connectivity index (χ4n) is 1.75. The lowest BCUT2D eigenvalue weighted by molar-refractivity contribution is 0.0526. The van der Waals surface area contributed by atoms with Crippen molar-refractivity contribution in [3.05, 3.63) is 51.5 Å². The summed E-state index contributed by atoms with van der Waals surface area (Å²) < 4.78 is 4.91. The van der Waals surface area contributed by atoms with E-state index in [-0.39, 0.29) is 24.3 Å². The Balaban J connectivity index is 0.00000264. The highest BCUT2D eigenvalue weighted by Gasteiger charge is 2.10. The predicted molar refractivity (Wildman–Crippen MR) is 90.8 cm³/mol. The molecule has 0 saturated heterocycles. The molecule has 124 valence electrons. The highest BCUT2D eigenvalue weighted by atomic mass is 35.5. The van der Waals surface area contributed by atoms with Gasteiger partial charge in [-0.15, -0.1) is 23.7 Å². The van der Waals surface area contributed by atoms with E-state index >= 15 is 0 Å². The van der Waals surface area contributed by atoms with Crippen molar-refractivity contribution in [2.24, 2.45) is 5.73 Å². The monoisotopic (exact) mass is 355 g/mol. The number of benzene rings is 1. The van der Waals surface area contributed by atoms with Crippen molar-refractivity contribution in [3.63, 3.8) is 0 Å². The van der Waals surface area contributed by atoms with Crippen LogP contribution in [0.25, 0.3) is 0 Å². The van der Waals surface area contributed by atoms with E-state index in [2.05, 4.69) is 10.3 Å². The number of aromatic nitrogens is 1. The van der Waals surface area contributed by atoms with Gasteiger partial charge in [0.05, 0.1) is 12.2 Å². The van der Waals surface area contributed by atoms with Gasteiger partial charge in [0, 0.05) is 18.5 Å². The first kappa shape index (κ1) is 19.1. The molecule has 3 N–H and O–H groups in total. The number of halogens is 1. The van der Waals surface area contributed by atoms with E-state index in [0.717, 1.165) is 10.6 Å². The molecule has 0 saturated carbocycles. The molecule has 0 fully saturated rings. The van der Waals surface area contributed by atoms with E-state index in [9.17, 15) is 9.59 Å². The third-order valence-electron chi connectivity index (χ3n) is 2.88. The summed E-state index contributed by atoms with van der Waals surface area (Å²) in [5.41, 5.74) is 7.21. The van der Waals surface area contributed by atoms with Gasteiger partial charge in [0.2, 0.25) is 0 Å². The molecule has 1 aromatic carbocycles. The molecule has 6 nitrogen and oxygen atoms in total. The predicted octanol–water partition coefficient (Wildman–Crippen LogP) is 2.13. The first-order valence-corrected chi connectivity index (χ1v) is 7.70. The minimum Gasteiger partial charge on any atom is -0.462 e. The first-order chi connectivity index (χ1) is 10.6. The van der Waals surface area contributed by atoms with Crippen LogP contribution >= 0.6 is 23.7 Å². The van der Waals surface area contributed by atoms with E-state index in [4.69, 9.17) is 10.5 Å². The molecule has 8 heteroatoms. The van der Waals surface area contributed by atoms with Gasteiger partial charge in [-0.25, -0.2) is 9.78 Å². The average Bonchev–Trinajstić information content (AvgIpc) is 3.02. The molecule has 0 spiro atoms. The Morgan fingerprint density at radius 2 is 2.00 bits per heavy atom. The third-order valence-corrected chi connectivity index (χ3v) is 3.75. The lowest BCUT2D eigenvalue weighted by Gasteiger charge is -2.05. The highest BCUT2D eigenvalue weighted by Crippen LogP contribution is 2.10. The summed E-state index contributed by atoms with van der Waals surface area (Å²) in [6, 6.07) is 6.90. The summed E-state index contributed by atoms with van der Waals surface area (Å²) >= 11 is 1.36.